The van der Waals surface area contributed by atoms with Crippen molar-refractivity contribution in [2.45, 2.75) is 39.0 Å². The van der Waals surface area contributed by atoms with Gasteiger partial charge in [-0.3, -0.25) is 4.48 Å². The minimum atomic E-state index is -1.13. The third-order valence-corrected chi connectivity index (χ3v) is 3.62. The van der Waals surface area contributed by atoms with Gasteiger partial charge in [-0.1, -0.05) is 31.9 Å². The van der Waals surface area contributed by atoms with Crippen molar-refractivity contribution in [3.63, 3.8) is 0 Å². The zero-order valence-corrected chi connectivity index (χ0v) is 13.7. The predicted molar refractivity (Wildman–Crippen MR) is 82.8 cm³/mol. The van der Waals surface area contributed by atoms with Gasteiger partial charge < -0.3 is 24.9 Å². The molecule has 0 fully saturated rings. The highest BCUT2D eigenvalue weighted by molar-refractivity contribution is 5.64. The molecule has 0 atom stereocenters. The van der Waals surface area contributed by atoms with E-state index < -0.39 is 5.97 Å². The summed E-state index contributed by atoms with van der Waals surface area (Å²) in [6, 6.07) is 0. The van der Waals surface area contributed by atoms with Crippen LogP contribution in [0.4, 0.5) is 0 Å². The minimum Gasteiger partial charge on any atom is -0.550 e. The molecule has 0 aromatic carbocycles. The standard InChI is InChI=1S/C16H31NO5/c1-2-3-4-5-6-7-14-22-15-17(10-12-18,11-13-19)9-8-16(20)21/h5-6,18-19H,2-4,7-15H2,1H3/b6-5+. The van der Waals surface area contributed by atoms with Gasteiger partial charge in [-0.05, 0) is 12.8 Å². The van der Waals surface area contributed by atoms with Crippen LogP contribution in [-0.2, 0) is 9.53 Å². The fraction of sp³-hybridized carbons (Fsp3) is 0.812. The summed E-state index contributed by atoms with van der Waals surface area (Å²) in [4.78, 5) is 10.7. The molecule has 2 N–H and O–H groups in total. The number of nitrogens with zero attached hydrogens (tertiary/aromatic N) is 1. The Morgan fingerprint density at radius 3 is 2.32 bits per heavy atom. The second kappa shape index (κ2) is 13.7. The first kappa shape index (κ1) is 21.0. The second-order valence-corrected chi connectivity index (χ2v) is 5.52. The third-order valence-electron chi connectivity index (χ3n) is 3.62. The molecule has 0 saturated carbocycles. The monoisotopic (exact) mass is 317 g/mol. The fourth-order valence-electron chi connectivity index (χ4n) is 2.25. The van der Waals surface area contributed by atoms with Gasteiger partial charge in [0.2, 0.25) is 0 Å². The van der Waals surface area contributed by atoms with Gasteiger partial charge in [0, 0.05) is 12.4 Å². The molecule has 0 aliphatic heterocycles. The average Bonchev–Trinajstić information content (AvgIpc) is 2.48. The van der Waals surface area contributed by atoms with Crippen LogP contribution < -0.4 is 5.11 Å². The smallest absolute Gasteiger partial charge is 0.183 e. The van der Waals surface area contributed by atoms with Crippen molar-refractivity contribution in [2.24, 2.45) is 0 Å². The van der Waals surface area contributed by atoms with Crippen LogP contribution in [0.5, 0.6) is 0 Å². The molecule has 0 saturated heterocycles. The van der Waals surface area contributed by atoms with Crippen molar-refractivity contribution in [3.8, 4) is 0 Å². The van der Waals surface area contributed by atoms with Gasteiger partial charge in [0.25, 0.3) is 0 Å². The van der Waals surface area contributed by atoms with Gasteiger partial charge in [-0.25, -0.2) is 0 Å². The summed E-state index contributed by atoms with van der Waals surface area (Å²) >= 11 is 0. The molecule has 0 aliphatic carbocycles. The molecule has 0 amide bonds. The first-order chi connectivity index (χ1) is 10.6. The zero-order valence-electron chi connectivity index (χ0n) is 13.7. The molecule has 0 aromatic heterocycles. The molecule has 6 nitrogen and oxygen atoms in total. The lowest BCUT2D eigenvalue weighted by Crippen LogP contribution is -2.54. The molecule has 130 valence electrons. The Morgan fingerprint density at radius 2 is 1.77 bits per heavy atom. The number of rotatable bonds is 15. The number of aliphatic hydroxyl groups excluding tert-OH is 2. The Bertz CT molecular complexity index is 301. The highest BCUT2D eigenvalue weighted by atomic mass is 16.5. The number of hydrogen-bond acceptors (Lipinski definition) is 5. The molecule has 0 spiro atoms. The quantitative estimate of drug-likeness (QED) is 0.193. The molecule has 0 heterocycles. The number of allylic oxidation sites excluding steroid dienone is 1. The second-order valence-electron chi connectivity index (χ2n) is 5.52. The van der Waals surface area contributed by atoms with Gasteiger partial charge in [0.15, 0.2) is 6.73 Å². The van der Waals surface area contributed by atoms with E-state index >= 15 is 0 Å². The summed E-state index contributed by atoms with van der Waals surface area (Å²) in [6.07, 6.45) is 8.38. The van der Waals surface area contributed by atoms with E-state index in [-0.39, 0.29) is 37.4 Å². The number of carboxylic acids is 1. The van der Waals surface area contributed by atoms with E-state index in [1.54, 1.807) is 0 Å². The molecule has 0 bridgehead atoms. The van der Waals surface area contributed by atoms with Crippen LogP contribution in [0.15, 0.2) is 12.2 Å². The number of aliphatic carboxylic acids is 1. The van der Waals surface area contributed by atoms with E-state index in [0.717, 1.165) is 12.8 Å². The van der Waals surface area contributed by atoms with Crippen LogP contribution in [0.25, 0.3) is 0 Å². The van der Waals surface area contributed by atoms with Crippen molar-refractivity contribution in [2.75, 3.05) is 46.2 Å². The number of quaternary nitrogens is 1. The summed E-state index contributed by atoms with van der Waals surface area (Å²) in [5.74, 6) is -1.13. The van der Waals surface area contributed by atoms with Crippen LogP contribution in [0, 0.1) is 0 Å². The molecular weight excluding hydrogens is 286 g/mol. The summed E-state index contributed by atoms with van der Waals surface area (Å²) in [6.45, 7) is 3.85. The first-order valence-electron chi connectivity index (χ1n) is 8.09. The van der Waals surface area contributed by atoms with Gasteiger partial charge in [-0.2, -0.15) is 0 Å². The number of hydrogen-bond donors (Lipinski definition) is 2. The molecule has 0 rings (SSSR count). The lowest BCUT2D eigenvalue weighted by atomic mass is 10.2. The van der Waals surface area contributed by atoms with Crippen molar-refractivity contribution in [3.05, 3.63) is 12.2 Å². The normalized spacial score (nSPS) is 12.1. The number of carbonyl (C=O) groups excluding carboxylic acids is 1. The van der Waals surface area contributed by atoms with Crippen LogP contribution in [0.2, 0.25) is 0 Å². The largest absolute Gasteiger partial charge is 0.550 e. The number of carbonyl (C=O) groups is 1. The van der Waals surface area contributed by atoms with Crippen LogP contribution in [-0.4, -0.2) is 66.9 Å². The van der Waals surface area contributed by atoms with E-state index in [2.05, 4.69) is 19.1 Å². The lowest BCUT2D eigenvalue weighted by Gasteiger charge is -2.37. The maximum atomic E-state index is 10.7. The Kier molecular flexibility index (Phi) is 13.1. The zero-order chi connectivity index (χ0) is 16.7. The Morgan fingerprint density at radius 1 is 1.14 bits per heavy atom. The van der Waals surface area contributed by atoms with E-state index in [9.17, 15) is 20.1 Å². The Hall–Kier alpha value is -0.950. The SMILES string of the molecule is CCCC/C=C/CCOC[N+](CCO)(CCO)CCC(=O)[O-]. The van der Waals surface area contributed by atoms with Gasteiger partial charge in [0.05, 0.1) is 26.4 Å². The summed E-state index contributed by atoms with van der Waals surface area (Å²) in [5, 5.41) is 29.0. The summed E-state index contributed by atoms with van der Waals surface area (Å²) in [7, 11) is 0. The Labute approximate surface area is 133 Å². The van der Waals surface area contributed by atoms with Crippen LogP contribution in [0.3, 0.4) is 0 Å². The van der Waals surface area contributed by atoms with E-state index in [0.29, 0.717) is 19.7 Å². The number of aliphatic hydroxyl groups is 2. The van der Waals surface area contributed by atoms with Crippen molar-refractivity contribution < 1.29 is 29.3 Å². The van der Waals surface area contributed by atoms with Crippen molar-refractivity contribution in [1.82, 2.24) is 0 Å². The summed E-state index contributed by atoms with van der Waals surface area (Å²) < 4.78 is 5.87. The lowest BCUT2D eigenvalue weighted by molar-refractivity contribution is -0.946. The number of unbranched alkanes of at least 4 members (excludes halogenated alkanes) is 2. The molecule has 0 unspecified atom stereocenters. The highest BCUT2D eigenvalue weighted by Gasteiger charge is 2.26. The maximum absolute atomic E-state index is 10.7. The first-order valence-corrected chi connectivity index (χ1v) is 8.09. The third kappa shape index (κ3) is 10.7. The molecular formula is C16H31NO5. The van der Waals surface area contributed by atoms with Gasteiger partial charge in [-0.15, -0.1) is 0 Å². The molecule has 6 heteroatoms. The van der Waals surface area contributed by atoms with Crippen molar-refractivity contribution in [1.29, 1.82) is 0 Å². The fourth-order valence-corrected chi connectivity index (χ4v) is 2.25. The molecule has 0 aromatic rings. The Balaban J connectivity index is 4.20. The summed E-state index contributed by atoms with van der Waals surface area (Å²) in [5.41, 5.74) is 0. The van der Waals surface area contributed by atoms with Crippen LogP contribution in [0.1, 0.15) is 39.0 Å². The molecule has 0 radical (unpaired) electrons. The predicted octanol–water partition coefficient (Wildman–Crippen LogP) is 0.0384. The van der Waals surface area contributed by atoms with Gasteiger partial charge in [0.1, 0.15) is 13.1 Å². The molecule has 0 aliphatic rings. The topological polar surface area (TPSA) is 89.8 Å². The van der Waals surface area contributed by atoms with Gasteiger partial charge >= 0.3 is 0 Å². The number of ether oxygens (including phenoxy) is 1. The van der Waals surface area contributed by atoms with Crippen LogP contribution >= 0.6 is 0 Å². The number of carboxylic acid groups (broad SMARTS) is 1. The average molecular weight is 317 g/mol. The van der Waals surface area contributed by atoms with E-state index in [1.807, 2.05) is 0 Å². The maximum Gasteiger partial charge on any atom is 0.183 e. The van der Waals surface area contributed by atoms with Crippen molar-refractivity contribution >= 4 is 5.97 Å². The minimum absolute atomic E-state index is 0.0761. The highest BCUT2D eigenvalue weighted by Crippen LogP contribution is 2.09. The van der Waals surface area contributed by atoms with E-state index in [1.165, 1.54) is 12.8 Å². The van der Waals surface area contributed by atoms with E-state index in [4.69, 9.17) is 4.74 Å². The molecule has 22 heavy (non-hydrogen) atoms.